The Morgan fingerprint density at radius 1 is 0.257 bits per heavy atom. The Labute approximate surface area is 462 Å². The van der Waals surface area contributed by atoms with E-state index in [2.05, 4.69) is 32.9 Å². The van der Waals surface area contributed by atoms with Crippen molar-refractivity contribution in [2.45, 2.75) is 393 Å². The van der Waals surface area contributed by atoms with Crippen molar-refractivity contribution < 1.29 is 28.6 Å². The van der Waals surface area contributed by atoms with Gasteiger partial charge in [-0.05, 0) is 44.9 Å². The normalized spacial score (nSPS) is 12.0. The minimum Gasteiger partial charge on any atom is -0.462 e. The zero-order valence-corrected chi connectivity index (χ0v) is 50.4. The number of ether oxygens (including phenoxy) is 3. The number of allylic oxidation sites excluding steroid dienone is 2. The van der Waals surface area contributed by atoms with E-state index in [4.69, 9.17) is 14.2 Å². The third-order valence-electron chi connectivity index (χ3n) is 15.5. The average molecular weight is 1040 g/mol. The first-order chi connectivity index (χ1) is 36.5. The summed E-state index contributed by atoms with van der Waals surface area (Å²) in [6.45, 7) is 6.72. The Kier molecular flexibility index (Phi) is 62.1. The van der Waals surface area contributed by atoms with E-state index >= 15 is 0 Å². The highest BCUT2D eigenvalue weighted by molar-refractivity contribution is 5.71. The maximum atomic E-state index is 12.9. The molecule has 6 nitrogen and oxygen atoms in total. The molecule has 0 spiro atoms. The summed E-state index contributed by atoms with van der Waals surface area (Å²) < 4.78 is 17.0. The smallest absolute Gasteiger partial charge is 0.306 e. The molecule has 438 valence electrons. The van der Waals surface area contributed by atoms with Gasteiger partial charge in [0.15, 0.2) is 6.10 Å². The molecule has 0 aromatic carbocycles. The van der Waals surface area contributed by atoms with Crippen molar-refractivity contribution in [1.29, 1.82) is 0 Å². The van der Waals surface area contributed by atoms with E-state index < -0.39 is 6.10 Å². The maximum Gasteiger partial charge on any atom is 0.306 e. The van der Waals surface area contributed by atoms with Gasteiger partial charge in [0.05, 0.1) is 0 Å². The fourth-order valence-corrected chi connectivity index (χ4v) is 10.4. The van der Waals surface area contributed by atoms with Crippen molar-refractivity contribution in [2.75, 3.05) is 13.2 Å². The number of esters is 3. The standard InChI is InChI=1S/C68H130O6/c1-4-7-10-13-16-19-22-25-28-31-34-37-40-43-46-49-52-55-58-61-67(70)73-64-65(63-72-66(69)60-57-54-51-48-45-42-39-36-33-30-27-24-21-18-15-12-9-6-3)74-68(71)62-59-56-53-50-47-44-41-38-35-32-29-26-23-20-17-14-11-8-5-2/h36,39,65H,4-35,37-38,40-64H2,1-3H3/b39-36-. The van der Waals surface area contributed by atoms with Crippen molar-refractivity contribution in [3.8, 4) is 0 Å². The Morgan fingerprint density at radius 2 is 0.446 bits per heavy atom. The Morgan fingerprint density at radius 3 is 0.676 bits per heavy atom. The van der Waals surface area contributed by atoms with Crippen LogP contribution in [0, 0.1) is 0 Å². The van der Waals surface area contributed by atoms with Crippen LogP contribution in [-0.2, 0) is 28.6 Å². The second-order valence-corrected chi connectivity index (χ2v) is 23.1. The van der Waals surface area contributed by atoms with Crippen LogP contribution in [0.4, 0.5) is 0 Å². The number of rotatable bonds is 63. The van der Waals surface area contributed by atoms with Crippen molar-refractivity contribution >= 4 is 17.9 Å². The van der Waals surface area contributed by atoms with Gasteiger partial charge in [-0.15, -0.1) is 0 Å². The van der Waals surface area contributed by atoms with Gasteiger partial charge in [-0.3, -0.25) is 14.4 Å². The van der Waals surface area contributed by atoms with Gasteiger partial charge in [0.1, 0.15) is 13.2 Å². The minimum atomic E-state index is -0.769. The van der Waals surface area contributed by atoms with E-state index in [0.717, 1.165) is 64.2 Å². The van der Waals surface area contributed by atoms with Gasteiger partial charge >= 0.3 is 17.9 Å². The molecule has 0 aliphatic rings. The molecule has 1 atom stereocenters. The third kappa shape index (κ3) is 61.0. The lowest BCUT2D eigenvalue weighted by Crippen LogP contribution is -2.30. The lowest BCUT2D eigenvalue weighted by molar-refractivity contribution is -0.167. The van der Waals surface area contributed by atoms with E-state index in [1.54, 1.807) is 0 Å². The van der Waals surface area contributed by atoms with Crippen molar-refractivity contribution in [1.82, 2.24) is 0 Å². The predicted molar refractivity (Wildman–Crippen MR) is 321 cm³/mol. The van der Waals surface area contributed by atoms with Gasteiger partial charge in [-0.1, -0.05) is 335 Å². The first-order valence-electron chi connectivity index (χ1n) is 33.7. The van der Waals surface area contributed by atoms with Crippen LogP contribution in [0.2, 0.25) is 0 Å². The number of unbranched alkanes of at least 4 members (excludes halogenated alkanes) is 50. The van der Waals surface area contributed by atoms with Gasteiger partial charge in [0.2, 0.25) is 0 Å². The topological polar surface area (TPSA) is 78.9 Å². The van der Waals surface area contributed by atoms with Crippen LogP contribution in [0.15, 0.2) is 12.2 Å². The molecule has 0 aromatic rings. The molecule has 0 saturated heterocycles. The van der Waals surface area contributed by atoms with Crippen molar-refractivity contribution in [3.05, 3.63) is 12.2 Å². The van der Waals surface area contributed by atoms with Gasteiger partial charge < -0.3 is 14.2 Å². The molecule has 74 heavy (non-hydrogen) atoms. The second kappa shape index (κ2) is 63.7. The monoisotopic (exact) mass is 1040 g/mol. The summed E-state index contributed by atoms with van der Waals surface area (Å²) in [6.07, 6.45) is 75.1. The van der Waals surface area contributed by atoms with Gasteiger partial charge in [-0.2, -0.15) is 0 Å². The van der Waals surface area contributed by atoms with Gasteiger partial charge in [0.25, 0.3) is 0 Å². The summed E-state index contributed by atoms with van der Waals surface area (Å²) >= 11 is 0. The van der Waals surface area contributed by atoms with E-state index in [0.29, 0.717) is 19.3 Å². The molecule has 0 fully saturated rings. The largest absolute Gasteiger partial charge is 0.462 e. The first kappa shape index (κ1) is 72.2. The molecule has 0 aromatic heterocycles. The second-order valence-electron chi connectivity index (χ2n) is 23.1. The average Bonchev–Trinajstić information content (AvgIpc) is 3.40. The molecule has 1 unspecified atom stereocenters. The van der Waals surface area contributed by atoms with Crippen LogP contribution in [0.1, 0.15) is 387 Å². The fourth-order valence-electron chi connectivity index (χ4n) is 10.4. The highest BCUT2D eigenvalue weighted by atomic mass is 16.6. The van der Waals surface area contributed by atoms with E-state index in [9.17, 15) is 14.4 Å². The summed E-state index contributed by atoms with van der Waals surface area (Å²) in [5, 5.41) is 0. The Hall–Kier alpha value is -1.85. The third-order valence-corrected chi connectivity index (χ3v) is 15.5. The van der Waals surface area contributed by atoms with Gasteiger partial charge in [0, 0.05) is 19.3 Å². The molecule has 0 saturated carbocycles. The molecular weight excluding hydrogens is 913 g/mol. The summed E-state index contributed by atoms with van der Waals surface area (Å²) in [4.78, 5) is 38.4. The maximum absolute atomic E-state index is 12.9. The SMILES string of the molecule is CCCCCCCCCCC/C=C\CCCCCCCC(=O)OCC(COC(=O)CCCCCCCCCCCCCCCCCCCCC)OC(=O)CCCCCCCCCCCCCCCCCCCCC. The summed E-state index contributed by atoms with van der Waals surface area (Å²) in [6, 6.07) is 0. The minimum absolute atomic E-state index is 0.0657. The van der Waals surface area contributed by atoms with Crippen LogP contribution in [0.25, 0.3) is 0 Å². The van der Waals surface area contributed by atoms with Crippen LogP contribution in [-0.4, -0.2) is 37.2 Å². The number of hydrogen-bond acceptors (Lipinski definition) is 6. The summed E-state index contributed by atoms with van der Waals surface area (Å²) in [5.74, 6) is -0.839. The predicted octanol–water partition coefficient (Wildman–Crippen LogP) is 22.8. The van der Waals surface area contributed by atoms with E-state index in [1.165, 1.54) is 283 Å². The molecule has 0 bridgehead atoms. The Balaban J connectivity index is 4.30. The van der Waals surface area contributed by atoms with Crippen LogP contribution in [0.5, 0.6) is 0 Å². The van der Waals surface area contributed by atoms with E-state index in [1.807, 2.05) is 0 Å². The quantitative estimate of drug-likeness (QED) is 0.0261. The molecule has 0 aliphatic heterocycles. The molecule has 0 N–H and O–H groups in total. The molecule has 0 amide bonds. The molecular formula is C68H130O6. The zero-order chi connectivity index (χ0) is 53.6. The molecule has 0 aliphatic carbocycles. The summed E-state index contributed by atoms with van der Waals surface area (Å²) in [5.41, 5.74) is 0. The molecule has 0 radical (unpaired) electrons. The van der Waals surface area contributed by atoms with Gasteiger partial charge in [-0.25, -0.2) is 0 Å². The van der Waals surface area contributed by atoms with Crippen LogP contribution < -0.4 is 0 Å². The van der Waals surface area contributed by atoms with Crippen molar-refractivity contribution in [2.24, 2.45) is 0 Å². The first-order valence-corrected chi connectivity index (χ1v) is 33.7. The molecule has 0 heterocycles. The number of carbonyl (C=O) groups is 3. The molecule has 0 rings (SSSR count). The highest BCUT2D eigenvalue weighted by Crippen LogP contribution is 2.18. The zero-order valence-electron chi connectivity index (χ0n) is 50.4. The Bertz CT molecular complexity index is 1150. The van der Waals surface area contributed by atoms with Crippen molar-refractivity contribution in [3.63, 3.8) is 0 Å². The summed E-state index contributed by atoms with van der Waals surface area (Å²) in [7, 11) is 0. The lowest BCUT2D eigenvalue weighted by Gasteiger charge is -2.18. The number of hydrogen-bond donors (Lipinski definition) is 0. The fraction of sp³-hybridized carbons (Fsp3) is 0.926. The van der Waals surface area contributed by atoms with E-state index in [-0.39, 0.29) is 31.1 Å². The number of carbonyl (C=O) groups excluding carboxylic acids is 3. The highest BCUT2D eigenvalue weighted by Gasteiger charge is 2.19. The lowest BCUT2D eigenvalue weighted by atomic mass is 10.0. The van der Waals surface area contributed by atoms with Crippen LogP contribution >= 0.6 is 0 Å². The van der Waals surface area contributed by atoms with Crippen LogP contribution in [0.3, 0.4) is 0 Å². The molecule has 6 heteroatoms.